The largest absolute Gasteiger partial charge is 0.339 e. The van der Waals surface area contributed by atoms with Crippen LogP contribution < -0.4 is 0 Å². The van der Waals surface area contributed by atoms with E-state index in [0.29, 0.717) is 17.8 Å². The molecule has 0 aliphatic carbocycles. The molecule has 0 radical (unpaired) electrons. The molecule has 1 saturated heterocycles. The first-order valence-corrected chi connectivity index (χ1v) is 14.2. The molecule has 1 amide bonds. The number of likely N-dealkylation sites (tertiary alicyclic amines) is 1. The Hall–Kier alpha value is -1.88. The van der Waals surface area contributed by atoms with Crippen molar-refractivity contribution in [1.82, 2.24) is 19.4 Å². The molecule has 0 saturated carbocycles. The Morgan fingerprint density at radius 3 is 2.17 bits per heavy atom. The first-order chi connectivity index (χ1) is 16.7. The van der Waals surface area contributed by atoms with Gasteiger partial charge in [0.15, 0.2) is 0 Å². The number of benzene rings is 1. The van der Waals surface area contributed by atoms with Crippen LogP contribution in [0.5, 0.6) is 0 Å². The molecular formula is C30H50N4O. The van der Waals surface area contributed by atoms with Crippen molar-refractivity contribution >= 4 is 16.9 Å². The second-order valence-electron chi connectivity index (χ2n) is 11.9. The number of aromatic nitrogens is 2. The molecule has 0 N–H and O–H groups in total. The highest BCUT2D eigenvalue weighted by Gasteiger charge is 2.20. The summed E-state index contributed by atoms with van der Waals surface area (Å²) in [5.41, 5.74) is 2.95. The van der Waals surface area contributed by atoms with Crippen LogP contribution in [-0.4, -0.2) is 58.0 Å². The van der Waals surface area contributed by atoms with E-state index < -0.39 is 0 Å². The van der Waals surface area contributed by atoms with Gasteiger partial charge in [0.2, 0.25) is 0 Å². The predicted octanol–water partition coefficient (Wildman–Crippen LogP) is 6.65. The summed E-state index contributed by atoms with van der Waals surface area (Å²) in [4.78, 5) is 23.3. The third-order valence-electron chi connectivity index (χ3n) is 7.21. The number of imidazole rings is 1. The fourth-order valence-corrected chi connectivity index (χ4v) is 5.04. The van der Waals surface area contributed by atoms with Gasteiger partial charge in [-0.1, -0.05) is 48.0 Å². The highest BCUT2D eigenvalue weighted by molar-refractivity contribution is 5.97. The topological polar surface area (TPSA) is 41.4 Å². The smallest absolute Gasteiger partial charge is 0.253 e. The Bertz CT molecular complexity index is 912. The summed E-state index contributed by atoms with van der Waals surface area (Å²) >= 11 is 0. The molecule has 2 heterocycles. The third kappa shape index (κ3) is 8.34. The minimum Gasteiger partial charge on any atom is -0.339 e. The molecule has 0 unspecified atom stereocenters. The Morgan fingerprint density at radius 1 is 0.914 bits per heavy atom. The Balaban J connectivity index is 1.83. The number of fused-ring (bicyclic) bond motifs is 1. The summed E-state index contributed by atoms with van der Waals surface area (Å²) in [5.74, 6) is 3.06. The van der Waals surface area contributed by atoms with E-state index in [1.165, 1.54) is 32.4 Å². The van der Waals surface area contributed by atoms with Crippen LogP contribution in [-0.2, 0) is 13.0 Å². The van der Waals surface area contributed by atoms with Gasteiger partial charge in [0, 0.05) is 31.6 Å². The molecule has 35 heavy (non-hydrogen) atoms. The lowest BCUT2D eigenvalue weighted by molar-refractivity contribution is 0.0741. The first-order valence-electron chi connectivity index (χ1n) is 14.2. The van der Waals surface area contributed by atoms with E-state index in [1.807, 2.05) is 6.07 Å². The summed E-state index contributed by atoms with van der Waals surface area (Å²) in [5, 5.41) is 0. The number of amides is 1. The molecule has 5 heteroatoms. The van der Waals surface area contributed by atoms with Gasteiger partial charge in [-0.15, -0.1) is 0 Å². The van der Waals surface area contributed by atoms with Crippen LogP contribution in [0.25, 0.3) is 11.0 Å². The van der Waals surface area contributed by atoms with Crippen molar-refractivity contribution in [2.24, 2.45) is 17.8 Å². The second kappa shape index (κ2) is 13.4. The van der Waals surface area contributed by atoms with Gasteiger partial charge in [-0.2, -0.15) is 0 Å². The van der Waals surface area contributed by atoms with Crippen molar-refractivity contribution in [1.29, 1.82) is 0 Å². The van der Waals surface area contributed by atoms with E-state index >= 15 is 0 Å². The van der Waals surface area contributed by atoms with E-state index in [0.717, 1.165) is 74.3 Å². The number of hydrogen-bond donors (Lipinski definition) is 0. The SMILES string of the molecule is CC(C)CCN(CCC(C)C)C(=O)c1ccc2nc(CC(C)C)n(CCCN3CCCCC3)c2c1. The van der Waals surface area contributed by atoms with E-state index in [1.54, 1.807) is 0 Å². The molecule has 1 aromatic heterocycles. The quantitative estimate of drug-likeness (QED) is 0.321. The molecule has 0 atom stereocenters. The van der Waals surface area contributed by atoms with E-state index in [2.05, 4.69) is 68.0 Å². The number of carbonyl (C=O) groups excluding carboxylic acids is 1. The minimum absolute atomic E-state index is 0.166. The second-order valence-corrected chi connectivity index (χ2v) is 11.9. The summed E-state index contributed by atoms with van der Waals surface area (Å²) in [6.45, 7) is 19.7. The average molecular weight is 483 g/mol. The van der Waals surface area contributed by atoms with Crippen LogP contribution in [0.3, 0.4) is 0 Å². The van der Waals surface area contributed by atoms with Crippen LogP contribution in [0.1, 0.15) is 96.2 Å². The summed E-state index contributed by atoms with van der Waals surface area (Å²) in [7, 11) is 0. The fourth-order valence-electron chi connectivity index (χ4n) is 5.04. The molecule has 0 spiro atoms. The lowest BCUT2D eigenvalue weighted by Crippen LogP contribution is -2.34. The molecule has 3 rings (SSSR count). The maximum atomic E-state index is 13.6. The van der Waals surface area contributed by atoms with Crippen molar-refractivity contribution in [2.45, 2.75) is 93.0 Å². The fraction of sp³-hybridized carbons (Fsp3) is 0.733. The number of rotatable bonds is 13. The third-order valence-corrected chi connectivity index (χ3v) is 7.21. The maximum absolute atomic E-state index is 13.6. The van der Waals surface area contributed by atoms with Crippen molar-refractivity contribution in [3.8, 4) is 0 Å². The zero-order valence-electron chi connectivity index (χ0n) is 23.4. The number of aryl methyl sites for hydroxylation is 1. The molecule has 0 bridgehead atoms. The standard InChI is InChI=1S/C30H50N4O/c1-23(2)13-19-33(20-14-24(3)4)30(35)26-11-12-27-28(22-26)34(29(31-27)21-25(5)6)18-10-17-32-15-8-7-9-16-32/h11-12,22-25H,7-10,13-21H2,1-6H3. The Kier molecular flexibility index (Phi) is 10.6. The van der Waals surface area contributed by atoms with Crippen LogP contribution in [0.15, 0.2) is 18.2 Å². The van der Waals surface area contributed by atoms with Crippen molar-refractivity contribution in [3.63, 3.8) is 0 Å². The van der Waals surface area contributed by atoms with Gasteiger partial charge in [-0.3, -0.25) is 4.79 Å². The number of carbonyl (C=O) groups is 1. The van der Waals surface area contributed by atoms with Crippen molar-refractivity contribution in [3.05, 3.63) is 29.6 Å². The zero-order valence-corrected chi connectivity index (χ0v) is 23.4. The van der Waals surface area contributed by atoms with E-state index in [-0.39, 0.29) is 5.91 Å². The summed E-state index contributed by atoms with van der Waals surface area (Å²) in [6, 6.07) is 6.18. The molecule has 1 aromatic carbocycles. The van der Waals surface area contributed by atoms with Gasteiger partial charge in [0.05, 0.1) is 11.0 Å². The lowest BCUT2D eigenvalue weighted by atomic mass is 10.1. The summed E-state index contributed by atoms with van der Waals surface area (Å²) in [6.07, 6.45) is 8.23. The molecule has 1 fully saturated rings. The highest BCUT2D eigenvalue weighted by atomic mass is 16.2. The molecular weight excluding hydrogens is 432 g/mol. The molecule has 196 valence electrons. The van der Waals surface area contributed by atoms with Crippen molar-refractivity contribution < 1.29 is 4.79 Å². The van der Waals surface area contributed by atoms with E-state index in [4.69, 9.17) is 4.98 Å². The Morgan fingerprint density at radius 2 is 1.57 bits per heavy atom. The van der Waals surface area contributed by atoms with E-state index in [9.17, 15) is 4.79 Å². The predicted molar refractivity (Wildman–Crippen MR) is 148 cm³/mol. The Labute approximate surface area is 214 Å². The molecule has 5 nitrogen and oxygen atoms in total. The molecule has 2 aromatic rings. The highest BCUT2D eigenvalue weighted by Crippen LogP contribution is 2.23. The number of nitrogens with zero attached hydrogens (tertiary/aromatic N) is 4. The van der Waals surface area contributed by atoms with Gasteiger partial charge >= 0.3 is 0 Å². The van der Waals surface area contributed by atoms with Crippen LogP contribution >= 0.6 is 0 Å². The summed E-state index contributed by atoms with van der Waals surface area (Å²) < 4.78 is 2.41. The zero-order chi connectivity index (χ0) is 25.4. The lowest BCUT2D eigenvalue weighted by Gasteiger charge is -2.26. The molecule has 1 aliphatic rings. The van der Waals surface area contributed by atoms with Gasteiger partial charge in [0.1, 0.15) is 5.82 Å². The number of hydrogen-bond acceptors (Lipinski definition) is 3. The average Bonchev–Trinajstić information content (AvgIpc) is 3.14. The van der Waals surface area contributed by atoms with Gasteiger partial charge in [0.25, 0.3) is 5.91 Å². The van der Waals surface area contributed by atoms with Crippen LogP contribution in [0.4, 0.5) is 0 Å². The monoisotopic (exact) mass is 482 g/mol. The van der Waals surface area contributed by atoms with Crippen LogP contribution in [0, 0.1) is 17.8 Å². The van der Waals surface area contributed by atoms with Crippen LogP contribution in [0.2, 0.25) is 0 Å². The maximum Gasteiger partial charge on any atom is 0.253 e. The number of piperidine rings is 1. The van der Waals surface area contributed by atoms with Gasteiger partial charge in [-0.05, 0) is 87.7 Å². The minimum atomic E-state index is 0.166. The van der Waals surface area contributed by atoms with Crippen molar-refractivity contribution in [2.75, 3.05) is 32.7 Å². The normalized spacial score (nSPS) is 15.1. The molecule has 1 aliphatic heterocycles. The first kappa shape index (κ1) is 27.7. The van der Waals surface area contributed by atoms with Gasteiger partial charge in [-0.25, -0.2) is 4.98 Å². The van der Waals surface area contributed by atoms with Gasteiger partial charge < -0.3 is 14.4 Å².